The summed E-state index contributed by atoms with van der Waals surface area (Å²) in [5, 5.41) is 5.56. The lowest BCUT2D eigenvalue weighted by Crippen LogP contribution is -2.50. The lowest BCUT2D eigenvalue weighted by atomic mass is 9.85. The van der Waals surface area contributed by atoms with E-state index in [-0.39, 0.29) is 43.2 Å². The Morgan fingerprint density at radius 3 is 2.48 bits per heavy atom. The quantitative estimate of drug-likeness (QED) is 0.824. The van der Waals surface area contributed by atoms with E-state index in [1.165, 1.54) is 0 Å². The molecule has 1 saturated carbocycles. The van der Waals surface area contributed by atoms with Gasteiger partial charge in [-0.2, -0.15) is 13.2 Å². The van der Waals surface area contributed by atoms with E-state index >= 15 is 0 Å². The van der Waals surface area contributed by atoms with E-state index in [4.69, 9.17) is 4.74 Å². The molecule has 0 radical (unpaired) electrons. The number of halogens is 3. The minimum Gasteiger partial charge on any atom is -0.373 e. The molecule has 3 fully saturated rings. The molecule has 0 aromatic heterocycles. The third kappa shape index (κ3) is 3.44. The van der Waals surface area contributed by atoms with Crippen molar-refractivity contribution in [3.8, 4) is 0 Å². The zero-order valence-corrected chi connectivity index (χ0v) is 11.8. The van der Waals surface area contributed by atoms with Gasteiger partial charge in [-0.25, -0.2) is 4.79 Å². The van der Waals surface area contributed by atoms with E-state index in [1.807, 2.05) is 0 Å². The maximum absolute atomic E-state index is 12.7. The van der Waals surface area contributed by atoms with Gasteiger partial charge < -0.3 is 15.4 Å². The SMILES string of the molecule is O=C(N[C@@H]1CCC[C@@H](C(F)(F)F)C1)N[C@H]1C[C@H]2CC[C@H]1O2. The van der Waals surface area contributed by atoms with Crippen molar-refractivity contribution < 1.29 is 22.7 Å². The molecule has 0 spiro atoms. The minimum absolute atomic E-state index is 0.00533. The predicted octanol–water partition coefficient (Wildman–Crippen LogP) is 2.73. The number of carbonyl (C=O) groups excluding carboxylic acids is 1. The number of carbonyl (C=O) groups is 1. The Morgan fingerprint density at radius 1 is 1.05 bits per heavy atom. The van der Waals surface area contributed by atoms with Gasteiger partial charge in [0.15, 0.2) is 0 Å². The van der Waals surface area contributed by atoms with Gasteiger partial charge in [-0.1, -0.05) is 6.42 Å². The number of hydrogen-bond donors (Lipinski definition) is 2. The molecule has 2 N–H and O–H groups in total. The molecule has 7 heteroatoms. The number of alkyl halides is 3. The lowest BCUT2D eigenvalue weighted by molar-refractivity contribution is -0.183. The van der Waals surface area contributed by atoms with E-state index in [1.54, 1.807) is 0 Å². The number of rotatable bonds is 2. The average molecular weight is 306 g/mol. The maximum atomic E-state index is 12.7. The Labute approximate surface area is 121 Å². The topological polar surface area (TPSA) is 50.4 Å². The van der Waals surface area contributed by atoms with Gasteiger partial charge in [-0.15, -0.1) is 0 Å². The van der Waals surface area contributed by atoms with Crippen LogP contribution in [-0.4, -0.2) is 36.5 Å². The van der Waals surface area contributed by atoms with Crippen LogP contribution in [0.4, 0.5) is 18.0 Å². The molecule has 2 heterocycles. The molecule has 3 rings (SSSR count). The third-order valence-electron chi connectivity index (χ3n) is 4.89. The molecule has 2 bridgehead atoms. The van der Waals surface area contributed by atoms with Gasteiger partial charge in [0.05, 0.1) is 24.2 Å². The largest absolute Gasteiger partial charge is 0.391 e. The van der Waals surface area contributed by atoms with Crippen LogP contribution in [0.1, 0.15) is 44.9 Å². The summed E-state index contributed by atoms with van der Waals surface area (Å²) < 4.78 is 43.9. The molecule has 5 atom stereocenters. The van der Waals surface area contributed by atoms with Crippen molar-refractivity contribution in [3.05, 3.63) is 0 Å². The highest BCUT2D eigenvalue weighted by Crippen LogP contribution is 2.37. The minimum atomic E-state index is -4.16. The fraction of sp³-hybridized carbons (Fsp3) is 0.929. The van der Waals surface area contributed by atoms with Crippen LogP contribution in [0.15, 0.2) is 0 Å². The van der Waals surface area contributed by atoms with Gasteiger partial charge in [0.1, 0.15) is 0 Å². The molecule has 0 aromatic carbocycles. The van der Waals surface area contributed by atoms with Crippen molar-refractivity contribution in [3.63, 3.8) is 0 Å². The molecule has 0 unspecified atom stereocenters. The molecule has 2 amide bonds. The summed E-state index contributed by atoms with van der Waals surface area (Å²) in [5.41, 5.74) is 0. The number of fused-ring (bicyclic) bond motifs is 2. The van der Waals surface area contributed by atoms with Gasteiger partial charge in [0, 0.05) is 6.04 Å². The van der Waals surface area contributed by atoms with E-state index < -0.39 is 12.1 Å². The standard InChI is InChI=1S/C14H21F3N2O2/c15-14(16,17)8-2-1-3-9(6-8)18-13(20)19-11-7-10-4-5-12(11)21-10/h8-12H,1-7H2,(H2,18,19,20)/t8-,9-,10-,11+,12-/m1/s1. The Hall–Kier alpha value is -0.980. The highest BCUT2D eigenvalue weighted by Gasteiger charge is 2.43. The summed E-state index contributed by atoms with van der Waals surface area (Å²) in [5.74, 6) is -1.29. The number of nitrogens with one attached hydrogen (secondary N) is 2. The average Bonchev–Trinajstić information content (AvgIpc) is 3.00. The summed E-state index contributed by atoms with van der Waals surface area (Å²) in [6, 6.07) is -0.736. The van der Waals surface area contributed by atoms with Crippen molar-refractivity contribution in [2.24, 2.45) is 5.92 Å². The second-order valence-corrected chi connectivity index (χ2v) is 6.44. The molecular formula is C14H21F3N2O2. The Morgan fingerprint density at radius 2 is 1.86 bits per heavy atom. The van der Waals surface area contributed by atoms with Gasteiger partial charge in [0.25, 0.3) is 0 Å². The summed E-state index contributed by atoms with van der Waals surface area (Å²) in [7, 11) is 0. The fourth-order valence-electron chi connectivity index (χ4n) is 3.80. The summed E-state index contributed by atoms with van der Waals surface area (Å²) in [6.45, 7) is 0. The van der Waals surface area contributed by atoms with Gasteiger partial charge in [0.2, 0.25) is 0 Å². The van der Waals surface area contributed by atoms with Crippen LogP contribution >= 0.6 is 0 Å². The Bertz CT molecular complexity index is 402. The van der Waals surface area contributed by atoms with Gasteiger partial charge in [-0.3, -0.25) is 0 Å². The van der Waals surface area contributed by atoms with Crippen LogP contribution in [0.25, 0.3) is 0 Å². The van der Waals surface area contributed by atoms with E-state index in [9.17, 15) is 18.0 Å². The second kappa shape index (κ2) is 5.66. The van der Waals surface area contributed by atoms with Crippen molar-refractivity contribution in [2.75, 3.05) is 0 Å². The van der Waals surface area contributed by atoms with Crippen LogP contribution in [-0.2, 0) is 4.74 Å². The predicted molar refractivity (Wildman–Crippen MR) is 69.8 cm³/mol. The normalized spacial score (nSPS) is 39.3. The molecule has 0 aromatic rings. The Balaban J connectivity index is 1.46. The number of ether oxygens (including phenoxy) is 1. The van der Waals surface area contributed by atoms with Gasteiger partial charge >= 0.3 is 12.2 Å². The summed E-state index contributed by atoms with van der Waals surface area (Å²) in [6.07, 6.45) is 0.256. The van der Waals surface area contributed by atoms with Crippen LogP contribution < -0.4 is 10.6 Å². The molecular weight excluding hydrogens is 285 g/mol. The summed E-state index contributed by atoms with van der Waals surface area (Å²) in [4.78, 5) is 11.9. The molecule has 21 heavy (non-hydrogen) atoms. The van der Waals surface area contributed by atoms with Crippen molar-refractivity contribution >= 4 is 6.03 Å². The molecule has 2 aliphatic heterocycles. The zero-order chi connectivity index (χ0) is 15.0. The molecule has 2 saturated heterocycles. The highest BCUT2D eigenvalue weighted by molar-refractivity contribution is 5.74. The first kappa shape index (κ1) is 14.9. The van der Waals surface area contributed by atoms with Crippen molar-refractivity contribution in [1.82, 2.24) is 10.6 Å². The van der Waals surface area contributed by atoms with Crippen LogP contribution in [0.3, 0.4) is 0 Å². The van der Waals surface area contributed by atoms with Crippen LogP contribution in [0.5, 0.6) is 0 Å². The van der Waals surface area contributed by atoms with Crippen molar-refractivity contribution in [2.45, 2.75) is 75.4 Å². The van der Waals surface area contributed by atoms with Crippen LogP contribution in [0.2, 0.25) is 0 Å². The third-order valence-corrected chi connectivity index (χ3v) is 4.89. The lowest BCUT2D eigenvalue weighted by Gasteiger charge is -2.31. The maximum Gasteiger partial charge on any atom is 0.391 e. The van der Waals surface area contributed by atoms with E-state index in [0.717, 1.165) is 19.3 Å². The zero-order valence-electron chi connectivity index (χ0n) is 11.8. The smallest absolute Gasteiger partial charge is 0.373 e. The number of urea groups is 1. The molecule has 4 nitrogen and oxygen atoms in total. The molecule has 120 valence electrons. The van der Waals surface area contributed by atoms with Crippen LogP contribution in [0, 0.1) is 5.92 Å². The van der Waals surface area contributed by atoms with Gasteiger partial charge in [-0.05, 0) is 38.5 Å². The first-order valence-corrected chi connectivity index (χ1v) is 7.71. The Kier molecular flexibility index (Phi) is 4.03. The molecule has 3 aliphatic rings. The summed E-state index contributed by atoms with van der Waals surface area (Å²) >= 11 is 0. The first-order chi connectivity index (χ1) is 9.91. The van der Waals surface area contributed by atoms with E-state index in [0.29, 0.717) is 12.8 Å². The highest BCUT2D eigenvalue weighted by atomic mass is 19.4. The second-order valence-electron chi connectivity index (χ2n) is 6.44. The number of amides is 2. The number of hydrogen-bond acceptors (Lipinski definition) is 2. The first-order valence-electron chi connectivity index (χ1n) is 7.71. The monoisotopic (exact) mass is 306 g/mol. The fourth-order valence-corrected chi connectivity index (χ4v) is 3.80. The van der Waals surface area contributed by atoms with Crippen molar-refractivity contribution in [1.29, 1.82) is 0 Å². The van der Waals surface area contributed by atoms with E-state index in [2.05, 4.69) is 10.6 Å². The molecule has 1 aliphatic carbocycles.